The fourth-order valence-electron chi connectivity index (χ4n) is 1.21. The number of nitrogens with zero attached hydrogens (tertiary/aromatic N) is 4. The van der Waals surface area contributed by atoms with E-state index in [-0.39, 0.29) is 0 Å². The summed E-state index contributed by atoms with van der Waals surface area (Å²) in [5.74, 6) is 0.450. The Labute approximate surface area is 105 Å². The summed E-state index contributed by atoms with van der Waals surface area (Å²) in [6, 6.07) is 0. The SMILES string of the molecule is CNc1ncc(Br)c(-n2cc(C(N)=O)cn2)n1. The van der Waals surface area contributed by atoms with Gasteiger partial charge in [0.15, 0.2) is 5.82 Å². The Balaban J connectivity index is 2.47. The molecule has 0 bridgehead atoms. The smallest absolute Gasteiger partial charge is 0.251 e. The number of carbonyl (C=O) groups excluding carboxylic acids is 1. The van der Waals surface area contributed by atoms with Crippen LogP contribution in [0.1, 0.15) is 10.4 Å². The molecule has 0 aliphatic rings. The summed E-state index contributed by atoms with van der Waals surface area (Å²) in [5, 5.41) is 6.83. The average Bonchev–Trinajstić information content (AvgIpc) is 2.79. The van der Waals surface area contributed by atoms with Gasteiger partial charge in [0, 0.05) is 19.4 Å². The van der Waals surface area contributed by atoms with E-state index in [1.165, 1.54) is 17.1 Å². The Kier molecular flexibility index (Phi) is 3.05. The molecule has 0 saturated heterocycles. The van der Waals surface area contributed by atoms with Gasteiger partial charge in [-0.1, -0.05) is 0 Å². The molecule has 17 heavy (non-hydrogen) atoms. The predicted molar refractivity (Wildman–Crippen MR) is 64.9 cm³/mol. The van der Waals surface area contributed by atoms with E-state index in [2.05, 4.69) is 36.3 Å². The first-order valence-electron chi connectivity index (χ1n) is 4.67. The molecule has 2 rings (SSSR count). The second kappa shape index (κ2) is 4.50. The van der Waals surface area contributed by atoms with Gasteiger partial charge in [-0.3, -0.25) is 4.79 Å². The van der Waals surface area contributed by atoms with Gasteiger partial charge in [-0.15, -0.1) is 0 Å². The highest BCUT2D eigenvalue weighted by Crippen LogP contribution is 2.18. The third-order valence-corrected chi connectivity index (χ3v) is 2.59. The van der Waals surface area contributed by atoms with Gasteiger partial charge >= 0.3 is 0 Å². The summed E-state index contributed by atoms with van der Waals surface area (Å²) < 4.78 is 2.11. The lowest BCUT2D eigenvalue weighted by Gasteiger charge is -2.04. The second-order valence-electron chi connectivity index (χ2n) is 3.15. The Hall–Kier alpha value is -1.96. The molecule has 0 spiro atoms. The highest BCUT2D eigenvalue weighted by molar-refractivity contribution is 9.10. The van der Waals surface area contributed by atoms with Crippen LogP contribution in [-0.4, -0.2) is 32.7 Å². The van der Waals surface area contributed by atoms with Crippen LogP contribution < -0.4 is 11.1 Å². The summed E-state index contributed by atoms with van der Waals surface area (Å²) in [5.41, 5.74) is 5.47. The Morgan fingerprint density at radius 1 is 1.53 bits per heavy atom. The molecule has 2 aromatic heterocycles. The largest absolute Gasteiger partial charge is 0.366 e. The van der Waals surface area contributed by atoms with Crippen LogP contribution in [0.4, 0.5) is 5.95 Å². The third kappa shape index (κ3) is 2.26. The van der Waals surface area contributed by atoms with Crippen molar-refractivity contribution in [1.29, 1.82) is 0 Å². The third-order valence-electron chi connectivity index (χ3n) is 2.03. The van der Waals surface area contributed by atoms with E-state index >= 15 is 0 Å². The molecular formula is C9H9BrN6O. The Bertz CT molecular complexity index is 566. The van der Waals surface area contributed by atoms with Crippen molar-refractivity contribution in [2.24, 2.45) is 5.73 Å². The molecule has 0 aliphatic carbocycles. The summed E-state index contributed by atoms with van der Waals surface area (Å²) in [7, 11) is 1.71. The molecule has 88 valence electrons. The number of halogens is 1. The minimum Gasteiger partial charge on any atom is -0.366 e. The van der Waals surface area contributed by atoms with Crippen LogP contribution in [-0.2, 0) is 0 Å². The topological polar surface area (TPSA) is 98.7 Å². The minimum absolute atomic E-state index is 0.321. The molecule has 7 nitrogen and oxygen atoms in total. The number of carbonyl (C=O) groups is 1. The molecule has 8 heteroatoms. The van der Waals surface area contributed by atoms with Gasteiger partial charge in [0.05, 0.1) is 16.2 Å². The van der Waals surface area contributed by atoms with E-state index in [4.69, 9.17) is 5.73 Å². The van der Waals surface area contributed by atoms with Crippen molar-refractivity contribution in [3.63, 3.8) is 0 Å². The summed E-state index contributed by atoms with van der Waals surface area (Å²) >= 11 is 3.31. The minimum atomic E-state index is -0.532. The first-order chi connectivity index (χ1) is 8.11. The lowest BCUT2D eigenvalue weighted by Crippen LogP contribution is -2.09. The summed E-state index contributed by atoms with van der Waals surface area (Å²) in [4.78, 5) is 19.2. The van der Waals surface area contributed by atoms with Crippen LogP contribution in [0.25, 0.3) is 5.82 Å². The van der Waals surface area contributed by atoms with Gasteiger partial charge in [0.1, 0.15) is 0 Å². The van der Waals surface area contributed by atoms with Crippen molar-refractivity contribution in [3.8, 4) is 5.82 Å². The van der Waals surface area contributed by atoms with Gasteiger partial charge in [0.2, 0.25) is 5.95 Å². The van der Waals surface area contributed by atoms with E-state index in [1.807, 2.05) is 0 Å². The van der Waals surface area contributed by atoms with Gasteiger partial charge in [-0.25, -0.2) is 9.67 Å². The van der Waals surface area contributed by atoms with Crippen LogP contribution in [0.3, 0.4) is 0 Å². The van der Waals surface area contributed by atoms with Crippen molar-refractivity contribution >= 4 is 27.8 Å². The van der Waals surface area contributed by atoms with Crippen LogP contribution in [0.2, 0.25) is 0 Å². The molecule has 2 heterocycles. The molecule has 0 unspecified atom stereocenters. The number of aromatic nitrogens is 4. The van der Waals surface area contributed by atoms with Crippen LogP contribution in [0, 0.1) is 0 Å². The zero-order valence-corrected chi connectivity index (χ0v) is 10.5. The van der Waals surface area contributed by atoms with E-state index in [9.17, 15) is 4.79 Å². The predicted octanol–water partition coefficient (Wildman–Crippen LogP) is 0.565. The number of hydrogen-bond acceptors (Lipinski definition) is 5. The van der Waals surface area contributed by atoms with Gasteiger partial charge < -0.3 is 11.1 Å². The first-order valence-corrected chi connectivity index (χ1v) is 5.46. The molecule has 2 aromatic rings. The molecule has 0 fully saturated rings. The van der Waals surface area contributed by atoms with Crippen LogP contribution in [0.15, 0.2) is 23.1 Å². The second-order valence-corrected chi connectivity index (χ2v) is 4.01. The summed E-state index contributed by atoms with van der Waals surface area (Å²) in [6.07, 6.45) is 4.49. The van der Waals surface area contributed by atoms with Crippen molar-refractivity contribution < 1.29 is 4.79 Å². The standard InChI is InChI=1S/C9H9BrN6O/c1-12-9-13-3-6(10)8(15-9)16-4-5(2-14-16)7(11)17/h2-4H,1H3,(H2,11,17)(H,12,13,15). The maximum Gasteiger partial charge on any atom is 0.251 e. The van der Waals surface area contributed by atoms with E-state index in [0.29, 0.717) is 21.8 Å². The number of amides is 1. The summed E-state index contributed by atoms with van der Waals surface area (Å²) in [6.45, 7) is 0. The highest BCUT2D eigenvalue weighted by atomic mass is 79.9. The molecule has 0 aromatic carbocycles. The fourth-order valence-corrected chi connectivity index (χ4v) is 1.58. The quantitative estimate of drug-likeness (QED) is 0.862. The number of primary amides is 1. The molecule has 3 N–H and O–H groups in total. The number of rotatable bonds is 3. The van der Waals surface area contributed by atoms with Crippen LogP contribution in [0.5, 0.6) is 0 Å². The normalized spacial score (nSPS) is 10.2. The van der Waals surface area contributed by atoms with Crippen molar-refractivity contribution in [2.45, 2.75) is 0 Å². The molecule has 1 amide bonds. The van der Waals surface area contributed by atoms with Crippen molar-refractivity contribution in [3.05, 3.63) is 28.6 Å². The van der Waals surface area contributed by atoms with Crippen molar-refractivity contribution in [2.75, 3.05) is 12.4 Å². The molecule has 0 saturated carbocycles. The number of nitrogens with two attached hydrogens (primary N) is 1. The molecule has 0 radical (unpaired) electrons. The number of nitrogens with one attached hydrogen (secondary N) is 1. The van der Waals surface area contributed by atoms with E-state index in [1.54, 1.807) is 13.2 Å². The monoisotopic (exact) mass is 296 g/mol. The van der Waals surface area contributed by atoms with Crippen molar-refractivity contribution in [1.82, 2.24) is 19.7 Å². The van der Waals surface area contributed by atoms with E-state index in [0.717, 1.165) is 0 Å². The average molecular weight is 297 g/mol. The molecule has 0 aliphatic heterocycles. The zero-order chi connectivity index (χ0) is 12.4. The van der Waals surface area contributed by atoms with Gasteiger partial charge in [0.25, 0.3) is 5.91 Å². The lowest BCUT2D eigenvalue weighted by molar-refractivity contribution is 0.100. The maximum atomic E-state index is 11.0. The Morgan fingerprint density at radius 2 is 2.29 bits per heavy atom. The number of hydrogen-bond donors (Lipinski definition) is 2. The molecular weight excluding hydrogens is 288 g/mol. The zero-order valence-electron chi connectivity index (χ0n) is 8.88. The lowest BCUT2D eigenvalue weighted by atomic mass is 10.3. The van der Waals surface area contributed by atoms with Gasteiger partial charge in [-0.05, 0) is 15.9 Å². The highest BCUT2D eigenvalue weighted by Gasteiger charge is 2.10. The molecule has 0 atom stereocenters. The van der Waals surface area contributed by atoms with Crippen LogP contribution >= 0.6 is 15.9 Å². The fraction of sp³-hybridized carbons (Fsp3) is 0.111. The number of anilines is 1. The maximum absolute atomic E-state index is 11.0. The van der Waals surface area contributed by atoms with Gasteiger partial charge in [-0.2, -0.15) is 10.1 Å². The van der Waals surface area contributed by atoms with E-state index < -0.39 is 5.91 Å². The Morgan fingerprint density at radius 3 is 2.88 bits per heavy atom. The first kappa shape index (κ1) is 11.5.